The number of benzene rings is 1. The molecule has 1 heterocycles. The van der Waals surface area contributed by atoms with Crippen molar-refractivity contribution < 1.29 is 4.79 Å². The molecule has 5 heteroatoms. The molecule has 128 valence electrons. The summed E-state index contributed by atoms with van der Waals surface area (Å²) in [7, 11) is 0. The van der Waals surface area contributed by atoms with E-state index in [4.69, 9.17) is 0 Å². The second kappa shape index (κ2) is 10.4. The lowest BCUT2D eigenvalue weighted by atomic mass is 10.1. The summed E-state index contributed by atoms with van der Waals surface area (Å²) >= 11 is 0. The summed E-state index contributed by atoms with van der Waals surface area (Å²) in [5.74, 6) is 0.451. The number of carbonyl (C=O) groups excluding carboxylic acids is 1. The van der Waals surface area contributed by atoms with Crippen LogP contribution in [0.1, 0.15) is 48.5 Å². The number of unbranched alkanes of at least 4 members (excludes halogenated alkanes) is 2. The van der Waals surface area contributed by atoms with Gasteiger partial charge in [0.2, 0.25) is 5.95 Å². The highest BCUT2D eigenvalue weighted by molar-refractivity contribution is 5.93. The van der Waals surface area contributed by atoms with Crippen LogP contribution in [-0.2, 0) is 6.42 Å². The Bertz CT molecular complexity index is 599. The van der Waals surface area contributed by atoms with Crippen molar-refractivity contribution in [2.45, 2.75) is 39.0 Å². The molecule has 1 aromatic heterocycles. The number of hydrogen-bond donors (Lipinski definition) is 2. The third-order valence-corrected chi connectivity index (χ3v) is 3.75. The SMILES string of the molecule is CCCCCNc1ncc(C(=O)NCCCc2ccccc2)cn1. The van der Waals surface area contributed by atoms with Crippen LogP contribution in [0.3, 0.4) is 0 Å². The van der Waals surface area contributed by atoms with Gasteiger partial charge in [-0.15, -0.1) is 0 Å². The third kappa shape index (κ3) is 6.36. The Balaban J connectivity index is 1.68. The molecule has 2 N–H and O–H groups in total. The summed E-state index contributed by atoms with van der Waals surface area (Å²) in [6.07, 6.45) is 8.49. The Labute approximate surface area is 143 Å². The standard InChI is InChI=1S/C19H26N4O/c1-2-3-7-12-21-19-22-14-17(15-23-19)18(24)20-13-8-11-16-9-5-4-6-10-16/h4-6,9-10,14-15H,2-3,7-8,11-13H2,1H3,(H,20,24)(H,21,22,23). The monoisotopic (exact) mass is 326 g/mol. The van der Waals surface area contributed by atoms with E-state index in [-0.39, 0.29) is 5.91 Å². The van der Waals surface area contributed by atoms with Crippen LogP contribution < -0.4 is 10.6 Å². The molecule has 0 aliphatic rings. The van der Waals surface area contributed by atoms with E-state index in [1.807, 2.05) is 18.2 Å². The Hall–Kier alpha value is -2.43. The molecule has 24 heavy (non-hydrogen) atoms. The molecule has 0 fully saturated rings. The van der Waals surface area contributed by atoms with Crippen LogP contribution in [-0.4, -0.2) is 29.0 Å². The van der Waals surface area contributed by atoms with Crippen LogP contribution in [0.5, 0.6) is 0 Å². The van der Waals surface area contributed by atoms with Crippen LogP contribution in [0.4, 0.5) is 5.95 Å². The van der Waals surface area contributed by atoms with Crippen molar-refractivity contribution in [2.24, 2.45) is 0 Å². The molecular weight excluding hydrogens is 300 g/mol. The second-order valence-corrected chi connectivity index (χ2v) is 5.77. The smallest absolute Gasteiger partial charge is 0.254 e. The van der Waals surface area contributed by atoms with Gasteiger partial charge in [0.1, 0.15) is 0 Å². The lowest BCUT2D eigenvalue weighted by Gasteiger charge is -2.07. The van der Waals surface area contributed by atoms with Gasteiger partial charge in [0.25, 0.3) is 5.91 Å². The van der Waals surface area contributed by atoms with E-state index in [1.54, 1.807) is 12.4 Å². The molecule has 1 aromatic carbocycles. The fourth-order valence-corrected chi connectivity index (χ4v) is 2.35. The Morgan fingerprint density at radius 1 is 1.00 bits per heavy atom. The van der Waals surface area contributed by atoms with Gasteiger partial charge in [-0.2, -0.15) is 0 Å². The maximum atomic E-state index is 12.1. The van der Waals surface area contributed by atoms with Crippen molar-refractivity contribution >= 4 is 11.9 Å². The average molecular weight is 326 g/mol. The molecule has 0 atom stereocenters. The number of rotatable bonds is 10. The molecule has 2 rings (SSSR count). The number of anilines is 1. The number of aryl methyl sites for hydroxylation is 1. The summed E-state index contributed by atoms with van der Waals surface area (Å²) in [6, 6.07) is 10.3. The molecular formula is C19H26N4O. The predicted octanol–water partition coefficient (Wildman–Crippen LogP) is 3.44. The van der Waals surface area contributed by atoms with Crippen molar-refractivity contribution in [1.29, 1.82) is 0 Å². The number of amides is 1. The van der Waals surface area contributed by atoms with Crippen LogP contribution >= 0.6 is 0 Å². The highest BCUT2D eigenvalue weighted by atomic mass is 16.1. The van der Waals surface area contributed by atoms with E-state index in [1.165, 1.54) is 18.4 Å². The van der Waals surface area contributed by atoms with Crippen LogP contribution in [0.2, 0.25) is 0 Å². The lowest BCUT2D eigenvalue weighted by Crippen LogP contribution is -2.25. The Morgan fingerprint density at radius 2 is 1.75 bits per heavy atom. The molecule has 0 saturated carbocycles. The van der Waals surface area contributed by atoms with Gasteiger partial charge in [0.15, 0.2) is 0 Å². The number of hydrogen-bond acceptors (Lipinski definition) is 4. The largest absolute Gasteiger partial charge is 0.354 e. The fourth-order valence-electron chi connectivity index (χ4n) is 2.35. The molecule has 0 unspecified atom stereocenters. The molecule has 0 aliphatic heterocycles. The van der Waals surface area contributed by atoms with Crippen molar-refractivity contribution in [2.75, 3.05) is 18.4 Å². The van der Waals surface area contributed by atoms with Crippen molar-refractivity contribution in [3.05, 3.63) is 53.9 Å². The quantitative estimate of drug-likeness (QED) is 0.656. The summed E-state index contributed by atoms with van der Waals surface area (Å²) in [4.78, 5) is 20.4. The van der Waals surface area contributed by atoms with E-state index < -0.39 is 0 Å². The van der Waals surface area contributed by atoms with Gasteiger partial charge >= 0.3 is 0 Å². The van der Waals surface area contributed by atoms with Crippen LogP contribution in [0.15, 0.2) is 42.7 Å². The maximum Gasteiger partial charge on any atom is 0.254 e. The van der Waals surface area contributed by atoms with Crippen molar-refractivity contribution in [3.8, 4) is 0 Å². The minimum absolute atomic E-state index is 0.124. The van der Waals surface area contributed by atoms with E-state index in [2.05, 4.69) is 39.7 Å². The first-order valence-electron chi connectivity index (χ1n) is 8.67. The maximum absolute atomic E-state index is 12.1. The number of nitrogens with zero attached hydrogens (tertiary/aromatic N) is 2. The topological polar surface area (TPSA) is 66.9 Å². The molecule has 0 radical (unpaired) electrons. The first kappa shape index (κ1) is 17.9. The summed E-state index contributed by atoms with van der Waals surface area (Å²) in [5, 5.41) is 6.07. The molecule has 0 spiro atoms. The molecule has 1 amide bonds. The third-order valence-electron chi connectivity index (χ3n) is 3.75. The summed E-state index contributed by atoms with van der Waals surface area (Å²) in [5.41, 5.74) is 1.78. The Kier molecular flexibility index (Phi) is 7.74. The number of aromatic nitrogens is 2. The zero-order valence-corrected chi connectivity index (χ0v) is 14.3. The highest BCUT2D eigenvalue weighted by Gasteiger charge is 2.06. The van der Waals surface area contributed by atoms with Gasteiger partial charge < -0.3 is 10.6 Å². The average Bonchev–Trinajstić information content (AvgIpc) is 2.63. The van der Waals surface area contributed by atoms with Gasteiger partial charge in [-0.05, 0) is 24.8 Å². The molecule has 0 aliphatic carbocycles. The van der Waals surface area contributed by atoms with Gasteiger partial charge in [-0.1, -0.05) is 50.1 Å². The molecule has 0 bridgehead atoms. The minimum Gasteiger partial charge on any atom is -0.354 e. The van der Waals surface area contributed by atoms with Crippen molar-refractivity contribution in [1.82, 2.24) is 15.3 Å². The summed E-state index contributed by atoms with van der Waals surface area (Å²) < 4.78 is 0. The number of nitrogens with one attached hydrogen (secondary N) is 2. The second-order valence-electron chi connectivity index (χ2n) is 5.77. The molecule has 2 aromatic rings. The Morgan fingerprint density at radius 3 is 2.46 bits per heavy atom. The molecule has 5 nitrogen and oxygen atoms in total. The first-order valence-corrected chi connectivity index (χ1v) is 8.67. The van der Waals surface area contributed by atoms with Gasteiger partial charge in [-0.25, -0.2) is 9.97 Å². The van der Waals surface area contributed by atoms with Gasteiger partial charge in [0.05, 0.1) is 5.56 Å². The predicted molar refractivity (Wildman–Crippen MR) is 97.1 cm³/mol. The molecule has 0 saturated heterocycles. The van der Waals surface area contributed by atoms with Gasteiger partial charge in [-0.3, -0.25) is 4.79 Å². The van der Waals surface area contributed by atoms with Crippen molar-refractivity contribution in [3.63, 3.8) is 0 Å². The normalized spacial score (nSPS) is 10.4. The van der Waals surface area contributed by atoms with E-state index in [0.29, 0.717) is 18.1 Å². The lowest BCUT2D eigenvalue weighted by molar-refractivity contribution is 0.0952. The van der Waals surface area contributed by atoms with Crippen LogP contribution in [0, 0.1) is 0 Å². The highest BCUT2D eigenvalue weighted by Crippen LogP contribution is 2.03. The minimum atomic E-state index is -0.124. The van der Waals surface area contributed by atoms with E-state index >= 15 is 0 Å². The fraction of sp³-hybridized carbons (Fsp3) is 0.421. The van der Waals surface area contributed by atoms with E-state index in [9.17, 15) is 4.79 Å². The van der Waals surface area contributed by atoms with Gasteiger partial charge in [0, 0.05) is 25.5 Å². The summed E-state index contributed by atoms with van der Waals surface area (Å²) in [6.45, 7) is 3.67. The zero-order valence-electron chi connectivity index (χ0n) is 14.3. The van der Waals surface area contributed by atoms with Crippen LogP contribution in [0.25, 0.3) is 0 Å². The zero-order chi connectivity index (χ0) is 17.0. The first-order chi connectivity index (χ1) is 11.8. The van der Waals surface area contributed by atoms with E-state index in [0.717, 1.165) is 25.8 Å². The number of carbonyl (C=O) groups is 1.